The fourth-order valence-corrected chi connectivity index (χ4v) is 3.04. The molecule has 102 valence electrons. The van der Waals surface area contributed by atoms with Crippen molar-refractivity contribution in [1.29, 1.82) is 0 Å². The van der Waals surface area contributed by atoms with Crippen LogP contribution in [0.1, 0.15) is 28.4 Å². The summed E-state index contributed by atoms with van der Waals surface area (Å²) >= 11 is 0. The van der Waals surface area contributed by atoms with Gasteiger partial charge in [0.1, 0.15) is 0 Å². The molecule has 1 aromatic rings. The molecule has 4 nitrogen and oxygen atoms in total. The number of nitrogens with one attached hydrogen (secondary N) is 1. The van der Waals surface area contributed by atoms with Crippen LogP contribution in [0.15, 0.2) is 18.2 Å². The molecule has 19 heavy (non-hydrogen) atoms. The van der Waals surface area contributed by atoms with E-state index in [0.717, 1.165) is 38.3 Å². The van der Waals surface area contributed by atoms with E-state index < -0.39 is 0 Å². The van der Waals surface area contributed by atoms with Crippen LogP contribution in [-0.4, -0.2) is 48.4 Å². The lowest BCUT2D eigenvalue weighted by molar-refractivity contribution is 0.0533. The maximum absolute atomic E-state index is 12.6. The van der Waals surface area contributed by atoms with Crippen LogP contribution in [0.5, 0.6) is 0 Å². The average Bonchev–Trinajstić information content (AvgIpc) is 2.85. The summed E-state index contributed by atoms with van der Waals surface area (Å²) in [5, 5.41) is 3.32. The van der Waals surface area contributed by atoms with Gasteiger partial charge >= 0.3 is 0 Å². The van der Waals surface area contributed by atoms with Gasteiger partial charge in [0.15, 0.2) is 0 Å². The number of carbonyl (C=O) groups excluding carboxylic acids is 1. The van der Waals surface area contributed by atoms with E-state index in [1.807, 2.05) is 11.0 Å². The van der Waals surface area contributed by atoms with E-state index in [1.54, 1.807) is 0 Å². The second-order valence-corrected chi connectivity index (χ2v) is 5.70. The lowest BCUT2D eigenvalue weighted by Crippen LogP contribution is -2.52. The van der Waals surface area contributed by atoms with E-state index in [1.165, 1.54) is 11.1 Å². The number of nitrogens with zero attached hydrogens (tertiary/aromatic N) is 2. The highest BCUT2D eigenvalue weighted by atomic mass is 16.2. The fourth-order valence-electron chi connectivity index (χ4n) is 3.04. The van der Waals surface area contributed by atoms with Crippen LogP contribution < -0.4 is 5.32 Å². The van der Waals surface area contributed by atoms with E-state index in [4.69, 9.17) is 0 Å². The number of likely N-dealkylation sites (N-methyl/N-ethyl adjacent to an activating group) is 1. The summed E-state index contributed by atoms with van der Waals surface area (Å²) in [6, 6.07) is 6.41. The molecule has 0 aromatic heterocycles. The Bertz CT molecular complexity index is 500. The van der Waals surface area contributed by atoms with Gasteiger partial charge < -0.3 is 15.1 Å². The molecule has 1 fully saturated rings. The molecule has 1 unspecified atom stereocenters. The first-order valence-corrected chi connectivity index (χ1v) is 6.97. The van der Waals surface area contributed by atoms with Crippen molar-refractivity contribution in [1.82, 2.24) is 15.1 Å². The van der Waals surface area contributed by atoms with Gasteiger partial charge in [-0.3, -0.25) is 4.79 Å². The number of rotatable bonds is 1. The van der Waals surface area contributed by atoms with Crippen molar-refractivity contribution in [3.63, 3.8) is 0 Å². The predicted molar refractivity (Wildman–Crippen MR) is 75.0 cm³/mol. The maximum atomic E-state index is 12.6. The first-order valence-electron chi connectivity index (χ1n) is 6.97. The molecule has 1 N–H and O–H groups in total. The molecular weight excluding hydrogens is 238 g/mol. The Labute approximate surface area is 114 Å². The SMILES string of the molecule is CC1CN(C)CCN1C(=O)c1ccc2c(c1)CNC2. The average molecular weight is 259 g/mol. The predicted octanol–water partition coefficient (Wildman–Crippen LogP) is 1.07. The number of hydrogen-bond donors (Lipinski definition) is 1. The molecule has 2 aliphatic heterocycles. The number of carbonyl (C=O) groups is 1. The largest absolute Gasteiger partial charge is 0.333 e. The van der Waals surface area contributed by atoms with E-state index in [0.29, 0.717) is 0 Å². The third kappa shape index (κ3) is 2.38. The molecule has 4 heteroatoms. The van der Waals surface area contributed by atoms with Crippen LogP contribution in [0.25, 0.3) is 0 Å². The second kappa shape index (κ2) is 4.94. The monoisotopic (exact) mass is 259 g/mol. The van der Waals surface area contributed by atoms with Gasteiger partial charge in [0.05, 0.1) is 0 Å². The quantitative estimate of drug-likeness (QED) is 0.819. The van der Waals surface area contributed by atoms with Crippen molar-refractivity contribution < 1.29 is 4.79 Å². The standard InChI is InChI=1S/C15H21N3O/c1-11-10-17(2)5-6-18(11)15(19)12-3-4-13-8-16-9-14(13)7-12/h3-4,7,11,16H,5-6,8-10H2,1-2H3. The Morgan fingerprint density at radius 1 is 1.26 bits per heavy atom. The van der Waals surface area contributed by atoms with E-state index in [-0.39, 0.29) is 11.9 Å². The van der Waals surface area contributed by atoms with Gasteiger partial charge in [-0.05, 0) is 37.2 Å². The van der Waals surface area contributed by atoms with Gasteiger partial charge in [0.25, 0.3) is 5.91 Å². The lowest BCUT2D eigenvalue weighted by Gasteiger charge is -2.38. The summed E-state index contributed by atoms with van der Waals surface area (Å²) in [7, 11) is 2.11. The normalized spacial score (nSPS) is 23.5. The molecule has 0 radical (unpaired) electrons. The van der Waals surface area contributed by atoms with E-state index in [2.05, 4.69) is 36.3 Å². The molecule has 3 rings (SSSR count). The smallest absolute Gasteiger partial charge is 0.254 e. The Balaban J connectivity index is 1.80. The van der Waals surface area contributed by atoms with Crippen molar-refractivity contribution in [2.24, 2.45) is 0 Å². The summed E-state index contributed by atoms with van der Waals surface area (Å²) in [4.78, 5) is 16.9. The zero-order valence-corrected chi connectivity index (χ0v) is 11.6. The first-order chi connectivity index (χ1) is 9.15. The number of benzene rings is 1. The van der Waals surface area contributed by atoms with Crippen molar-refractivity contribution in [2.45, 2.75) is 26.1 Å². The van der Waals surface area contributed by atoms with Gasteiger partial charge in [-0.15, -0.1) is 0 Å². The summed E-state index contributed by atoms with van der Waals surface area (Å²) in [6.45, 7) is 6.68. The van der Waals surface area contributed by atoms with Crippen LogP contribution in [-0.2, 0) is 13.1 Å². The highest BCUT2D eigenvalue weighted by Crippen LogP contribution is 2.19. The molecule has 1 atom stereocenters. The van der Waals surface area contributed by atoms with Crippen LogP contribution >= 0.6 is 0 Å². The minimum absolute atomic E-state index is 0.176. The summed E-state index contributed by atoms with van der Waals surface area (Å²) in [5.41, 5.74) is 3.43. The Kier molecular flexibility index (Phi) is 3.29. The van der Waals surface area contributed by atoms with Gasteiger partial charge in [-0.25, -0.2) is 0 Å². The maximum Gasteiger partial charge on any atom is 0.254 e. The molecule has 0 aliphatic carbocycles. The fraction of sp³-hybridized carbons (Fsp3) is 0.533. The van der Waals surface area contributed by atoms with Gasteiger partial charge in [-0.1, -0.05) is 6.07 Å². The molecule has 0 bridgehead atoms. The van der Waals surface area contributed by atoms with Crippen molar-refractivity contribution in [3.8, 4) is 0 Å². The number of piperazine rings is 1. The minimum Gasteiger partial charge on any atom is -0.333 e. The van der Waals surface area contributed by atoms with Crippen molar-refractivity contribution in [3.05, 3.63) is 34.9 Å². The van der Waals surface area contributed by atoms with E-state index >= 15 is 0 Å². The van der Waals surface area contributed by atoms with Crippen LogP contribution in [0.4, 0.5) is 0 Å². The number of fused-ring (bicyclic) bond motifs is 1. The van der Waals surface area contributed by atoms with Gasteiger partial charge in [0, 0.05) is 44.3 Å². The highest BCUT2D eigenvalue weighted by Gasteiger charge is 2.27. The molecular formula is C15H21N3O. The Hall–Kier alpha value is -1.39. The van der Waals surface area contributed by atoms with Crippen LogP contribution in [0, 0.1) is 0 Å². The zero-order chi connectivity index (χ0) is 13.4. The third-order valence-corrected chi connectivity index (χ3v) is 4.18. The lowest BCUT2D eigenvalue weighted by atomic mass is 10.0. The van der Waals surface area contributed by atoms with Gasteiger partial charge in [-0.2, -0.15) is 0 Å². The summed E-state index contributed by atoms with van der Waals surface area (Å²) in [6.07, 6.45) is 0. The molecule has 1 aromatic carbocycles. The number of hydrogen-bond acceptors (Lipinski definition) is 3. The molecule has 0 spiro atoms. The third-order valence-electron chi connectivity index (χ3n) is 4.18. The Morgan fingerprint density at radius 2 is 2.05 bits per heavy atom. The van der Waals surface area contributed by atoms with Crippen LogP contribution in [0.3, 0.4) is 0 Å². The number of amides is 1. The highest BCUT2D eigenvalue weighted by molar-refractivity contribution is 5.94. The summed E-state index contributed by atoms with van der Waals surface area (Å²) < 4.78 is 0. The summed E-state index contributed by atoms with van der Waals surface area (Å²) in [5.74, 6) is 0.176. The second-order valence-electron chi connectivity index (χ2n) is 5.70. The molecule has 1 amide bonds. The molecule has 2 heterocycles. The minimum atomic E-state index is 0.176. The Morgan fingerprint density at radius 3 is 2.84 bits per heavy atom. The van der Waals surface area contributed by atoms with Crippen LogP contribution in [0.2, 0.25) is 0 Å². The van der Waals surface area contributed by atoms with Gasteiger partial charge in [0.2, 0.25) is 0 Å². The molecule has 1 saturated heterocycles. The van der Waals surface area contributed by atoms with Crippen molar-refractivity contribution >= 4 is 5.91 Å². The molecule has 2 aliphatic rings. The van der Waals surface area contributed by atoms with Crippen molar-refractivity contribution in [2.75, 3.05) is 26.7 Å². The first kappa shape index (κ1) is 12.6. The topological polar surface area (TPSA) is 35.6 Å². The zero-order valence-electron chi connectivity index (χ0n) is 11.6. The van der Waals surface area contributed by atoms with E-state index in [9.17, 15) is 4.79 Å². The molecule has 0 saturated carbocycles.